The molecule has 1 N–H and O–H groups in total. The van der Waals surface area contributed by atoms with Crippen molar-refractivity contribution in [2.45, 2.75) is 136 Å². The van der Waals surface area contributed by atoms with Crippen LogP contribution < -0.4 is 0 Å². The van der Waals surface area contributed by atoms with Gasteiger partial charge in [0.05, 0.1) is 43.0 Å². The Morgan fingerprint density at radius 3 is 2.28 bits per heavy atom. The molecule has 0 aromatic heterocycles. The van der Waals surface area contributed by atoms with Crippen LogP contribution in [0.15, 0.2) is 17.1 Å². The zero-order valence-corrected chi connectivity index (χ0v) is 30.9. The Morgan fingerprint density at radius 1 is 1.07 bits per heavy atom. The lowest BCUT2D eigenvalue weighted by molar-refractivity contribution is -0.304. The number of aliphatic hydroxyl groups is 1. The molecule has 3 saturated heterocycles. The first-order valence-corrected chi connectivity index (χ1v) is 17.2. The fraction of sp³-hybridized carbons (Fsp3) is 0.889. The number of hydrogen-bond acceptors (Lipinski definition) is 10. The van der Waals surface area contributed by atoms with Crippen molar-refractivity contribution < 1.29 is 38.3 Å². The molecule has 1 unspecified atom stereocenters. The molecule has 3 aliphatic heterocycles. The van der Waals surface area contributed by atoms with E-state index in [0.29, 0.717) is 12.8 Å². The molecule has 10 heteroatoms. The third kappa shape index (κ3) is 8.24. The van der Waals surface area contributed by atoms with Crippen LogP contribution in [0, 0.1) is 29.6 Å². The molecule has 14 atom stereocenters. The van der Waals surface area contributed by atoms with Crippen molar-refractivity contribution >= 4 is 11.7 Å². The van der Waals surface area contributed by atoms with Crippen molar-refractivity contribution in [1.29, 1.82) is 0 Å². The highest BCUT2D eigenvalue weighted by molar-refractivity contribution is 5.89. The molecular weight excluding hydrogens is 588 g/mol. The van der Waals surface area contributed by atoms with E-state index in [1.54, 1.807) is 21.1 Å². The highest BCUT2D eigenvalue weighted by Gasteiger charge is 2.52. The van der Waals surface area contributed by atoms with Crippen LogP contribution in [0.25, 0.3) is 0 Å². The zero-order chi connectivity index (χ0) is 34.7. The third-order valence-electron chi connectivity index (χ3n) is 11.2. The van der Waals surface area contributed by atoms with Gasteiger partial charge in [-0.1, -0.05) is 48.1 Å². The van der Waals surface area contributed by atoms with Gasteiger partial charge in [0, 0.05) is 31.8 Å². The SMILES string of the molecule is C=C1CO[C@@H]2[C@@H](C)C(=NC)[C@H](C)C[C@@](C)(OC1)[C@H](O[C@@H]1O[C@H](C)C[C@H](N(C)C)[C@H]1OC)[C@@H](C)C(C)[C@@H](C)C(=O)O[C@H](CC)[C@@]2(C)O. The fourth-order valence-electron chi connectivity index (χ4n) is 8.19. The van der Waals surface area contributed by atoms with Gasteiger partial charge in [-0.05, 0) is 77.5 Å². The molecule has 0 aliphatic carbocycles. The van der Waals surface area contributed by atoms with E-state index in [4.69, 9.17) is 33.4 Å². The van der Waals surface area contributed by atoms with E-state index in [0.717, 1.165) is 17.7 Å². The van der Waals surface area contributed by atoms with Crippen molar-refractivity contribution in [3.05, 3.63) is 12.2 Å². The molecule has 0 saturated carbocycles. The van der Waals surface area contributed by atoms with E-state index in [2.05, 4.69) is 60.2 Å². The number of methoxy groups -OCH3 is 1. The summed E-state index contributed by atoms with van der Waals surface area (Å²) in [6.45, 7) is 22.7. The Kier molecular flexibility index (Phi) is 13.5. The summed E-state index contributed by atoms with van der Waals surface area (Å²) in [5.74, 6) is -1.56. The highest BCUT2D eigenvalue weighted by Crippen LogP contribution is 2.42. The van der Waals surface area contributed by atoms with Crippen LogP contribution in [-0.4, -0.2) is 117 Å². The molecule has 3 fully saturated rings. The van der Waals surface area contributed by atoms with Gasteiger partial charge in [-0.3, -0.25) is 9.79 Å². The molecule has 3 aliphatic rings. The molecule has 10 nitrogen and oxygen atoms in total. The van der Waals surface area contributed by atoms with E-state index < -0.39 is 41.7 Å². The molecule has 266 valence electrons. The molecule has 3 heterocycles. The summed E-state index contributed by atoms with van der Waals surface area (Å²) < 4.78 is 39.2. The van der Waals surface area contributed by atoms with Crippen molar-refractivity contribution in [2.24, 2.45) is 34.6 Å². The van der Waals surface area contributed by atoms with Crippen molar-refractivity contribution in [3.8, 4) is 0 Å². The van der Waals surface area contributed by atoms with Crippen LogP contribution in [0.1, 0.15) is 81.6 Å². The lowest BCUT2D eigenvalue weighted by Gasteiger charge is -2.49. The summed E-state index contributed by atoms with van der Waals surface area (Å²) in [5.41, 5.74) is -0.718. The average molecular weight is 653 g/mol. The molecule has 3 rings (SSSR count). The minimum absolute atomic E-state index is 0.0450. The third-order valence-corrected chi connectivity index (χ3v) is 11.2. The van der Waals surface area contributed by atoms with Crippen LogP contribution in [0.3, 0.4) is 0 Å². The summed E-state index contributed by atoms with van der Waals surface area (Å²) in [6, 6.07) is 0.0893. The number of carbonyl (C=O) groups is 1. The van der Waals surface area contributed by atoms with Gasteiger partial charge in [0.1, 0.15) is 17.8 Å². The molecule has 46 heavy (non-hydrogen) atoms. The zero-order valence-electron chi connectivity index (χ0n) is 30.9. The van der Waals surface area contributed by atoms with Crippen molar-refractivity contribution in [1.82, 2.24) is 4.90 Å². The number of cyclic esters (lactones) is 1. The summed E-state index contributed by atoms with van der Waals surface area (Å²) in [4.78, 5) is 20.8. The van der Waals surface area contributed by atoms with E-state index in [1.165, 1.54) is 0 Å². The van der Waals surface area contributed by atoms with E-state index in [9.17, 15) is 9.90 Å². The summed E-state index contributed by atoms with van der Waals surface area (Å²) in [5, 5.41) is 12.1. The maximum atomic E-state index is 13.8. The lowest BCUT2D eigenvalue weighted by Crippen LogP contribution is -2.60. The van der Waals surface area contributed by atoms with E-state index in [1.807, 2.05) is 20.8 Å². The van der Waals surface area contributed by atoms with Gasteiger partial charge < -0.3 is 38.4 Å². The number of rotatable bonds is 5. The topological polar surface area (TPSA) is 108 Å². The number of hydrogen-bond donors (Lipinski definition) is 1. The van der Waals surface area contributed by atoms with Gasteiger partial charge in [0.25, 0.3) is 0 Å². The second kappa shape index (κ2) is 15.9. The molecule has 0 spiro atoms. The van der Waals surface area contributed by atoms with E-state index in [-0.39, 0.29) is 61.1 Å². The van der Waals surface area contributed by atoms with Crippen LogP contribution >= 0.6 is 0 Å². The summed E-state index contributed by atoms with van der Waals surface area (Å²) >= 11 is 0. The smallest absolute Gasteiger partial charge is 0.309 e. The number of carbonyl (C=O) groups excluding carboxylic acids is 1. The van der Waals surface area contributed by atoms with E-state index >= 15 is 0 Å². The fourth-order valence-corrected chi connectivity index (χ4v) is 8.19. The number of nitrogens with zero attached hydrogens (tertiary/aromatic N) is 2. The van der Waals surface area contributed by atoms with Crippen LogP contribution in [0.2, 0.25) is 0 Å². The number of likely N-dealkylation sites (N-methyl/N-ethyl adjacent to an activating group) is 1. The summed E-state index contributed by atoms with van der Waals surface area (Å²) in [7, 11) is 7.59. The Balaban J connectivity index is 2.24. The number of ether oxygens (including phenoxy) is 6. The Morgan fingerprint density at radius 2 is 1.72 bits per heavy atom. The lowest BCUT2D eigenvalue weighted by atomic mass is 9.71. The van der Waals surface area contributed by atoms with Gasteiger partial charge in [-0.2, -0.15) is 0 Å². The average Bonchev–Trinajstić information content (AvgIpc) is 3.00. The predicted molar refractivity (Wildman–Crippen MR) is 180 cm³/mol. The molecule has 2 bridgehead atoms. The predicted octanol–water partition coefficient (Wildman–Crippen LogP) is 4.91. The molecule has 0 radical (unpaired) electrons. The first-order valence-electron chi connectivity index (χ1n) is 17.2. The maximum absolute atomic E-state index is 13.8. The van der Waals surface area contributed by atoms with Crippen molar-refractivity contribution in [3.63, 3.8) is 0 Å². The highest BCUT2D eigenvalue weighted by atomic mass is 16.7. The summed E-state index contributed by atoms with van der Waals surface area (Å²) in [6.07, 6.45) is -1.25. The Labute approximate surface area is 278 Å². The Bertz CT molecular complexity index is 1060. The van der Waals surface area contributed by atoms with Gasteiger partial charge in [-0.15, -0.1) is 0 Å². The number of aliphatic imine (C=N–C) groups is 1. The molecule has 0 aromatic carbocycles. The minimum Gasteiger partial charge on any atom is -0.459 e. The second-order valence-electron chi connectivity index (χ2n) is 15.0. The van der Waals surface area contributed by atoms with Gasteiger partial charge in [0.2, 0.25) is 0 Å². The molecule has 0 aromatic rings. The largest absolute Gasteiger partial charge is 0.459 e. The normalized spacial score (nSPS) is 46.4. The first-order chi connectivity index (χ1) is 21.4. The molecular formula is C36H64N2O8. The quantitative estimate of drug-likeness (QED) is 0.328. The van der Waals surface area contributed by atoms with Gasteiger partial charge in [-0.25, -0.2) is 0 Å². The van der Waals surface area contributed by atoms with Crippen LogP contribution in [0.4, 0.5) is 0 Å². The Hall–Kier alpha value is -1.40. The molecule has 0 amide bonds. The standard InChI is InChI=1S/C36H64N2O8/c1-15-28-36(10,40)32-26(8)29(37-11)21(3)17-35(9,43-19-20(2)18-42-32)31(24(6)23(5)25(7)33(39)45-28)46-34-30(41-14)27(38(12)13)16-22(4)44-34/h21-28,30-32,34,40H,2,15-19H2,1,3-14H3/t21-,22-,23?,24+,25-,26+,27+,28-,30-,31-,32-,34+,35-,36-/m1/s1. The van der Waals surface area contributed by atoms with Crippen LogP contribution in [0.5, 0.6) is 0 Å². The van der Waals surface area contributed by atoms with Crippen LogP contribution in [-0.2, 0) is 33.2 Å². The van der Waals surface area contributed by atoms with Gasteiger partial charge >= 0.3 is 5.97 Å². The second-order valence-corrected chi connectivity index (χ2v) is 15.0. The monoisotopic (exact) mass is 652 g/mol. The number of fused-ring (bicyclic) bond motifs is 5. The maximum Gasteiger partial charge on any atom is 0.309 e. The minimum atomic E-state index is -1.49. The van der Waals surface area contributed by atoms with Crippen molar-refractivity contribution in [2.75, 3.05) is 41.5 Å². The first kappa shape index (κ1) is 39.0. The van der Waals surface area contributed by atoms with Gasteiger partial charge in [0.15, 0.2) is 6.29 Å². The number of esters is 1.